The second-order valence-electron chi connectivity index (χ2n) is 5.39. The molecule has 104 valence electrons. The number of nitrogens with one attached hydrogen (secondary N) is 1. The maximum absolute atomic E-state index is 3.75. The fourth-order valence-corrected chi connectivity index (χ4v) is 4.02. The summed E-state index contributed by atoms with van der Waals surface area (Å²) in [4.78, 5) is 2.52. The van der Waals surface area contributed by atoms with E-state index in [-0.39, 0.29) is 0 Å². The molecule has 3 rings (SSSR count). The molecule has 1 aliphatic carbocycles. The van der Waals surface area contributed by atoms with Gasteiger partial charge in [-0.1, -0.05) is 6.07 Å². The van der Waals surface area contributed by atoms with Crippen LogP contribution < -0.4 is 10.2 Å². The van der Waals surface area contributed by atoms with E-state index in [1.807, 2.05) is 0 Å². The topological polar surface area (TPSA) is 15.3 Å². The Balaban J connectivity index is 1.66. The van der Waals surface area contributed by atoms with Crippen LogP contribution in [0.25, 0.3) is 0 Å². The summed E-state index contributed by atoms with van der Waals surface area (Å²) in [6.45, 7) is 3.35. The fraction of sp³-hybridized carbons (Fsp3) is 0.600. The second kappa shape index (κ2) is 6.51. The lowest BCUT2D eigenvalue weighted by Crippen LogP contribution is -2.25. The summed E-state index contributed by atoms with van der Waals surface area (Å²) in [5.74, 6) is 2.55. The third kappa shape index (κ3) is 3.89. The number of hydrogen-bond donors (Lipinski definition) is 1. The van der Waals surface area contributed by atoms with Gasteiger partial charge in [0.05, 0.1) is 5.69 Å². The molecule has 19 heavy (non-hydrogen) atoms. The van der Waals surface area contributed by atoms with Crippen LogP contribution in [0.4, 0.5) is 5.69 Å². The van der Waals surface area contributed by atoms with Crippen LogP contribution in [0.5, 0.6) is 0 Å². The van der Waals surface area contributed by atoms with Crippen molar-refractivity contribution in [3.63, 3.8) is 0 Å². The first-order valence-electron chi connectivity index (χ1n) is 7.17. The smallest absolute Gasteiger partial charge is 0.0511 e. The highest BCUT2D eigenvalue weighted by atomic mass is 79.9. The number of thioether (sulfide) groups is 1. The van der Waals surface area contributed by atoms with Crippen molar-refractivity contribution in [2.24, 2.45) is 0 Å². The van der Waals surface area contributed by atoms with E-state index in [9.17, 15) is 0 Å². The van der Waals surface area contributed by atoms with Crippen molar-refractivity contribution in [3.05, 3.63) is 28.2 Å². The van der Waals surface area contributed by atoms with Crippen LogP contribution in [-0.2, 0) is 6.54 Å². The normalized spacial score (nSPS) is 20.4. The van der Waals surface area contributed by atoms with Crippen molar-refractivity contribution in [1.82, 2.24) is 5.32 Å². The van der Waals surface area contributed by atoms with Gasteiger partial charge in [0.15, 0.2) is 0 Å². The number of anilines is 1. The third-order valence-corrected chi connectivity index (χ3v) is 5.43. The molecule has 1 saturated carbocycles. The van der Waals surface area contributed by atoms with Gasteiger partial charge in [0, 0.05) is 35.9 Å². The quantitative estimate of drug-likeness (QED) is 0.900. The molecule has 0 unspecified atom stereocenters. The summed E-state index contributed by atoms with van der Waals surface area (Å²) < 4.78 is 1.24. The van der Waals surface area contributed by atoms with E-state index in [2.05, 4.69) is 56.1 Å². The van der Waals surface area contributed by atoms with Gasteiger partial charge in [0.25, 0.3) is 0 Å². The zero-order valence-corrected chi connectivity index (χ0v) is 13.6. The molecule has 0 atom stereocenters. The Labute approximate surface area is 128 Å². The van der Waals surface area contributed by atoms with Crippen LogP contribution >= 0.6 is 27.7 Å². The zero-order valence-electron chi connectivity index (χ0n) is 11.2. The number of nitrogens with zero attached hydrogens (tertiary/aromatic N) is 1. The maximum Gasteiger partial charge on any atom is 0.0511 e. The number of halogens is 1. The molecule has 2 fully saturated rings. The number of rotatable bonds is 4. The fourth-order valence-electron chi connectivity index (χ4n) is 2.45. The molecule has 1 heterocycles. The van der Waals surface area contributed by atoms with Crippen molar-refractivity contribution in [3.8, 4) is 0 Å². The minimum atomic E-state index is 0.779. The van der Waals surface area contributed by atoms with Gasteiger partial charge in [-0.3, -0.25) is 0 Å². The van der Waals surface area contributed by atoms with E-state index >= 15 is 0 Å². The molecule has 1 N–H and O–H groups in total. The van der Waals surface area contributed by atoms with Crippen LogP contribution in [0.3, 0.4) is 0 Å². The van der Waals surface area contributed by atoms with Crippen molar-refractivity contribution in [1.29, 1.82) is 0 Å². The van der Waals surface area contributed by atoms with E-state index in [1.165, 1.54) is 59.6 Å². The molecule has 4 heteroatoms. The van der Waals surface area contributed by atoms with E-state index < -0.39 is 0 Å². The van der Waals surface area contributed by atoms with Crippen LogP contribution in [0.15, 0.2) is 22.7 Å². The van der Waals surface area contributed by atoms with Gasteiger partial charge in [-0.2, -0.15) is 11.8 Å². The Kier molecular flexibility index (Phi) is 4.72. The van der Waals surface area contributed by atoms with E-state index in [0.29, 0.717) is 0 Å². The lowest BCUT2D eigenvalue weighted by atomic mass is 10.2. The summed E-state index contributed by atoms with van der Waals surface area (Å²) in [6.07, 6.45) is 4.00. The predicted molar refractivity (Wildman–Crippen MR) is 88.2 cm³/mol. The lowest BCUT2D eigenvalue weighted by molar-refractivity contribution is 0.687. The molecule has 2 aliphatic rings. The largest absolute Gasteiger partial charge is 0.370 e. The standard InChI is InChI=1S/C15H21BrN2S/c16-14-10-12(11-17-13-3-4-13)2-5-15(14)18-6-1-8-19-9-7-18/h2,5,10,13,17H,1,3-4,6-9,11H2. The van der Waals surface area contributed by atoms with Crippen LogP contribution in [0, 0.1) is 0 Å². The first kappa shape index (κ1) is 13.8. The first-order chi connectivity index (χ1) is 9.33. The van der Waals surface area contributed by atoms with E-state index in [1.54, 1.807) is 0 Å². The van der Waals surface area contributed by atoms with Gasteiger partial charge in [-0.05, 0) is 58.6 Å². The van der Waals surface area contributed by atoms with E-state index in [4.69, 9.17) is 0 Å². The second-order valence-corrected chi connectivity index (χ2v) is 7.47. The molecule has 1 saturated heterocycles. The summed E-state index contributed by atoms with van der Waals surface area (Å²) in [7, 11) is 0. The molecule has 1 aliphatic heterocycles. The van der Waals surface area contributed by atoms with Gasteiger partial charge < -0.3 is 10.2 Å². The van der Waals surface area contributed by atoms with Gasteiger partial charge in [-0.15, -0.1) is 0 Å². The molecule has 0 amide bonds. The SMILES string of the molecule is Brc1cc(CNC2CC2)ccc1N1CCCSCC1. The Hall–Kier alpha value is -0.190. The molecular formula is C15H21BrN2S. The molecule has 1 aromatic rings. The molecule has 0 radical (unpaired) electrons. The zero-order chi connectivity index (χ0) is 13.1. The molecule has 1 aromatic carbocycles. The number of hydrogen-bond acceptors (Lipinski definition) is 3. The van der Waals surface area contributed by atoms with Gasteiger partial charge in [0.1, 0.15) is 0 Å². The van der Waals surface area contributed by atoms with Crippen LogP contribution in [-0.4, -0.2) is 30.6 Å². The highest BCUT2D eigenvalue weighted by Gasteiger charge is 2.20. The Morgan fingerprint density at radius 2 is 2.16 bits per heavy atom. The number of benzene rings is 1. The monoisotopic (exact) mass is 340 g/mol. The first-order valence-corrected chi connectivity index (χ1v) is 9.12. The van der Waals surface area contributed by atoms with Crippen LogP contribution in [0.2, 0.25) is 0 Å². The predicted octanol–water partition coefficient (Wildman–Crippen LogP) is 3.64. The molecule has 2 nitrogen and oxygen atoms in total. The van der Waals surface area contributed by atoms with Crippen molar-refractivity contribution in [2.45, 2.75) is 31.8 Å². The van der Waals surface area contributed by atoms with Gasteiger partial charge in [-0.25, -0.2) is 0 Å². The Bertz CT molecular complexity index is 426. The Morgan fingerprint density at radius 3 is 2.95 bits per heavy atom. The van der Waals surface area contributed by atoms with Gasteiger partial charge >= 0.3 is 0 Å². The summed E-state index contributed by atoms with van der Waals surface area (Å²) in [6, 6.07) is 7.61. The third-order valence-electron chi connectivity index (χ3n) is 3.75. The minimum Gasteiger partial charge on any atom is -0.370 e. The average Bonchev–Trinajstić information content (AvgIpc) is 3.24. The minimum absolute atomic E-state index is 0.779. The van der Waals surface area contributed by atoms with Crippen molar-refractivity contribution < 1.29 is 0 Å². The van der Waals surface area contributed by atoms with E-state index in [0.717, 1.165) is 12.6 Å². The van der Waals surface area contributed by atoms with Crippen molar-refractivity contribution >= 4 is 33.4 Å². The molecule has 0 bridgehead atoms. The van der Waals surface area contributed by atoms with Gasteiger partial charge in [0.2, 0.25) is 0 Å². The maximum atomic E-state index is 3.75. The highest BCUT2D eigenvalue weighted by Crippen LogP contribution is 2.29. The van der Waals surface area contributed by atoms with Crippen molar-refractivity contribution in [2.75, 3.05) is 29.5 Å². The summed E-state index contributed by atoms with van der Waals surface area (Å²) >= 11 is 5.83. The lowest BCUT2D eigenvalue weighted by Gasteiger charge is -2.24. The molecule has 0 spiro atoms. The Morgan fingerprint density at radius 1 is 1.26 bits per heavy atom. The molecular weight excluding hydrogens is 320 g/mol. The molecule has 0 aromatic heterocycles. The summed E-state index contributed by atoms with van der Waals surface area (Å²) in [5, 5.41) is 3.57. The average molecular weight is 341 g/mol. The highest BCUT2D eigenvalue weighted by molar-refractivity contribution is 9.10. The summed E-state index contributed by atoms with van der Waals surface area (Å²) in [5.41, 5.74) is 2.74. The van der Waals surface area contributed by atoms with Crippen LogP contribution in [0.1, 0.15) is 24.8 Å².